The van der Waals surface area contributed by atoms with Gasteiger partial charge in [-0.05, 0) is 0 Å². The number of hydrogen-bond donors (Lipinski definition) is 1. The largest absolute Gasteiger partial charge is 0.334 e. The molecule has 0 atom stereocenters. The van der Waals surface area contributed by atoms with Gasteiger partial charge in [-0.2, -0.15) is 12.6 Å². The van der Waals surface area contributed by atoms with Crippen LogP contribution in [0, 0.1) is 0 Å². The van der Waals surface area contributed by atoms with Crippen molar-refractivity contribution in [2.45, 2.75) is 33.1 Å². The van der Waals surface area contributed by atoms with Crippen LogP contribution in [-0.4, -0.2) is 28.6 Å². The van der Waals surface area contributed by atoms with Crippen LogP contribution in [0.4, 0.5) is 0 Å². The molecule has 0 aromatic heterocycles. The van der Waals surface area contributed by atoms with Gasteiger partial charge < -0.3 is 4.84 Å². The Hall–Kier alpha value is -1.04. The molecule has 1 heterocycles. The highest BCUT2D eigenvalue weighted by atomic mass is 32.1. The maximum Gasteiger partial charge on any atom is 0.334 e. The van der Waals surface area contributed by atoms with Crippen molar-refractivity contribution in [3.63, 3.8) is 0 Å². The van der Waals surface area contributed by atoms with Crippen molar-refractivity contribution in [3.05, 3.63) is 0 Å². The van der Waals surface area contributed by atoms with E-state index in [4.69, 9.17) is 0 Å². The zero-order chi connectivity index (χ0) is 11.8. The molecule has 6 heteroatoms. The Morgan fingerprint density at radius 2 is 1.80 bits per heavy atom. The molecule has 1 aliphatic heterocycles. The molecule has 5 nitrogen and oxygen atoms in total. The molecule has 0 bridgehead atoms. The molecule has 86 valence electrons. The summed E-state index contributed by atoms with van der Waals surface area (Å²) in [5.74, 6) is -1.21. The van der Waals surface area contributed by atoms with Crippen LogP contribution in [0.5, 0.6) is 0 Å². The fourth-order valence-electron chi connectivity index (χ4n) is 0.897. The summed E-state index contributed by atoms with van der Waals surface area (Å²) in [6, 6.07) is 0. The molecule has 0 aliphatic carbocycles. The summed E-state index contributed by atoms with van der Waals surface area (Å²) < 4.78 is 0. The van der Waals surface area contributed by atoms with E-state index in [0.717, 1.165) is 0 Å². The van der Waals surface area contributed by atoms with Crippen LogP contribution in [0.3, 0.4) is 0 Å². The lowest BCUT2D eigenvalue weighted by Gasteiger charge is -2.11. The van der Waals surface area contributed by atoms with Crippen LogP contribution in [0.25, 0.3) is 0 Å². The lowest BCUT2D eigenvalue weighted by Crippen LogP contribution is -2.32. The van der Waals surface area contributed by atoms with E-state index < -0.39 is 17.8 Å². The third kappa shape index (κ3) is 4.33. The van der Waals surface area contributed by atoms with Gasteiger partial charge in [-0.3, -0.25) is 9.59 Å². The SMILES string of the molecule is CC.O=C(CCS)ON1C(=O)CCC1=O. The van der Waals surface area contributed by atoms with Gasteiger partial charge in [0, 0.05) is 18.6 Å². The summed E-state index contributed by atoms with van der Waals surface area (Å²) in [6.45, 7) is 4.00. The van der Waals surface area contributed by atoms with Crippen molar-refractivity contribution < 1.29 is 19.2 Å². The van der Waals surface area contributed by atoms with Crippen LogP contribution < -0.4 is 0 Å². The summed E-state index contributed by atoms with van der Waals surface area (Å²) in [7, 11) is 0. The van der Waals surface area contributed by atoms with E-state index in [1.54, 1.807) is 0 Å². The van der Waals surface area contributed by atoms with E-state index >= 15 is 0 Å². The number of carbonyl (C=O) groups is 3. The predicted octanol–water partition coefficient (Wildman–Crippen LogP) is 0.940. The standard InChI is InChI=1S/C7H9NO4S.C2H6/c9-5-1-2-6(10)8(5)12-7(11)3-4-13;1-2/h13H,1-4H2;1-2H3. The van der Waals surface area contributed by atoms with E-state index in [1.807, 2.05) is 13.8 Å². The molecule has 1 fully saturated rings. The Bertz CT molecular complexity index is 238. The van der Waals surface area contributed by atoms with E-state index in [2.05, 4.69) is 17.5 Å². The second-order valence-electron chi connectivity index (χ2n) is 2.52. The number of nitrogens with zero attached hydrogens (tertiary/aromatic N) is 1. The number of carbonyl (C=O) groups excluding carboxylic acids is 3. The second-order valence-corrected chi connectivity index (χ2v) is 2.97. The summed E-state index contributed by atoms with van der Waals surface area (Å²) in [4.78, 5) is 37.3. The van der Waals surface area contributed by atoms with Crippen molar-refractivity contribution >= 4 is 30.4 Å². The fourth-order valence-corrected chi connectivity index (χ4v) is 1.08. The maximum atomic E-state index is 10.9. The smallest absolute Gasteiger partial charge is 0.330 e. The Kier molecular flexibility index (Phi) is 6.77. The number of rotatable bonds is 3. The van der Waals surface area contributed by atoms with E-state index in [0.29, 0.717) is 10.8 Å². The molecule has 0 unspecified atom stereocenters. The molecule has 15 heavy (non-hydrogen) atoms. The average Bonchev–Trinajstić information content (AvgIpc) is 2.53. The second kappa shape index (κ2) is 7.28. The first-order valence-electron chi connectivity index (χ1n) is 4.82. The Morgan fingerprint density at radius 1 is 1.33 bits per heavy atom. The molecule has 0 N–H and O–H groups in total. The highest BCUT2D eigenvalue weighted by Crippen LogP contribution is 2.12. The van der Waals surface area contributed by atoms with Gasteiger partial charge in [0.1, 0.15) is 0 Å². The Morgan fingerprint density at radius 3 is 2.20 bits per heavy atom. The number of imide groups is 1. The maximum absolute atomic E-state index is 10.9. The third-order valence-electron chi connectivity index (χ3n) is 1.51. The van der Waals surface area contributed by atoms with Gasteiger partial charge in [-0.1, -0.05) is 13.8 Å². The normalized spacial score (nSPS) is 14.7. The van der Waals surface area contributed by atoms with E-state index in [1.165, 1.54) is 0 Å². The minimum atomic E-state index is -0.612. The first-order valence-corrected chi connectivity index (χ1v) is 5.46. The highest BCUT2D eigenvalue weighted by molar-refractivity contribution is 7.80. The van der Waals surface area contributed by atoms with Crippen molar-refractivity contribution in [1.82, 2.24) is 5.06 Å². The van der Waals surface area contributed by atoms with E-state index in [9.17, 15) is 14.4 Å². The quantitative estimate of drug-likeness (QED) is 0.582. The third-order valence-corrected chi connectivity index (χ3v) is 1.74. The molecule has 1 saturated heterocycles. The molecular formula is C9H15NO4S. The van der Waals surface area contributed by atoms with Crippen molar-refractivity contribution in [3.8, 4) is 0 Å². The molecule has 1 aliphatic rings. The van der Waals surface area contributed by atoms with Crippen molar-refractivity contribution in [2.75, 3.05) is 5.75 Å². The van der Waals surface area contributed by atoms with Gasteiger partial charge in [-0.25, -0.2) is 4.79 Å². The molecule has 0 saturated carbocycles. The van der Waals surface area contributed by atoms with Gasteiger partial charge in [0.15, 0.2) is 0 Å². The summed E-state index contributed by atoms with van der Waals surface area (Å²) in [6.07, 6.45) is 0.320. The van der Waals surface area contributed by atoms with Crippen molar-refractivity contribution in [1.29, 1.82) is 0 Å². The monoisotopic (exact) mass is 233 g/mol. The van der Waals surface area contributed by atoms with Gasteiger partial charge in [0.25, 0.3) is 11.8 Å². The molecule has 2 amide bonds. The number of thiol groups is 1. The van der Waals surface area contributed by atoms with Gasteiger partial charge >= 0.3 is 5.97 Å². The molecule has 1 rings (SSSR count). The van der Waals surface area contributed by atoms with Crippen LogP contribution >= 0.6 is 12.6 Å². The summed E-state index contributed by atoms with van der Waals surface area (Å²) in [5.41, 5.74) is 0. The minimum absolute atomic E-state index is 0.0835. The van der Waals surface area contributed by atoms with Crippen molar-refractivity contribution in [2.24, 2.45) is 0 Å². The molecular weight excluding hydrogens is 218 g/mol. The summed E-state index contributed by atoms with van der Waals surface area (Å²) >= 11 is 3.81. The van der Waals surface area contributed by atoms with Crippen LogP contribution in [0.1, 0.15) is 33.1 Å². The van der Waals surface area contributed by atoms with Gasteiger partial charge in [-0.15, -0.1) is 5.06 Å². The summed E-state index contributed by atoms with van der Waals surface area (Å²) in [5, 5.41) is 0.534. The number of amides is 2. The first kappa shape index (κ1) is 14.0. The fraction of sp³-hybridized carbons (Fsp3) is 0.667. The first-order chi connectivity index (χ1) is 7.15. The lowest BCUT2D eigenvalue weighted by molar-refractivity contribution is -0.197. The molecule has 0 aromatic carbocycles. The highest BCUT2D eigenvalue weighted by Gasteiger charge is 2.32. The zero-order valence-electron chi connectivity index (χ0n) is 8.86. The average molecular weight is 233 g/mol. The van der Waals surface area contributed by atoms with Gasteiger partial charge in [0.05, 0.1) is 6.42 Å². The van der Waals surface area contributed by atoms with Gasteiger partial charge in [0.2, 0.25) is 0 Å². The Labute approximate surface area is 94.1 Å². The zero-order valence-corrected chi connectivity index (χ0v) is 9.75. The molecule has 0 radical (unpaired) electrons. The molecule has 0 aromatic rings. The van der Waals surface area contributed by atoms with Crippen LogP contribution in [-0.2, 0) is 19.2 Å². The number of hydrogen-bond acceptors (Lipinski definition) is 5. The molecule has 0 spiro atoms. The minimum Gasteiger partial charge on any atom is -0.330 e. The lowest BCUT2D eigenvalue weighted by atomic mass is 10.4. The topological polar surface area (TPSA) is 63.7 Å². The van der Waals surface area contributed by atoms with Crippen LogP contribution in [0.2, 0.25) is 0 Å². The van der Waals surface area contributed by atoms with Crippen LogP contribution in [0.15, 0.2) is 0 Å². The Balaban J connectivity index is 0.000000921. The number of hydroxylamine groups is 2. The predicted molar refractivity (Wildman–Crippen MR) is 57.0 cm³/mol. The van der Waals surface area contributed by atoms with E-state index in [-0.39, 0.29) is 19.3 Å².